The van der Waals surface area contributed by atoms with Crippen LogP contribution >= 0.6 is 0 Å². The Morgan fingerprint density at radius 3 is 2.20 bits per heavy atom. The Balaban J connectivity index is 2.33. The average molecular weight is 211 g/mol. The predicted octanol–water partition coefficient (Wildman–Crippen LogP) is 3.77. The third kappa shape index (κ3) is 2.03. The van der Waals surface area contributed by atoms with Gasteiger partial charge in [-0.1, -0.05) is 12.1 Å². The minimum absolute atomic E-state index is 0.642. The van der Waals surface area contributed by atoms with E-state index in [0.29, 0.717) is 11.1 Å². The van der Waals surface area contributed by atoms with Crippen LogP contribution in [0.4, 0.5) is 13.2 Å². The molecule has 1 nitrogen and oxygen atoms in total. The zero-order chi connectivity index (χ0) is 10.9. The molecule has 0 N–H and O–H groups in total. The van der Waals surface area contributed by atoms with Crippen LogP contribution < -0.4 is 0 Å². The van der Waals surface area contributed by atoms with Crippen molar-refractivity contribution in [2.45, 2.75) is 6.18 Å². The quantitative estimate of drug-likeness (QED) is 0.699. The van der Waals surface area contributed by atoms with Crippen molar-refractivity contribution >= 4 is 0 Å². The zero-order valence-electron chi connectivity index (χ0n) is 7.51. The summed E-state index contributed by atoms with van der Waals surface area (Å²) in [5.74, 6) is 0. The Labute approximate surface area is 84.1 Å². The number of rotatable bonds is 1. The van der Waals surface area contributed by atoms with Crippen LogP contribution in [0.2, 0.25) is 0 Å². The summed E-state index contributed by atoms with van der Waals surface area (Å²) in [6.45, 7) is 0. The maximum absolute atomic E-state index is 12.2. The fourth-order valence-electron chi connectivity index (χ4n) is 1.22. The van der Waals surface area contributed by atoms with Crippen LogP contribution in [0.5, 0.6) is 0 Å². The summed E-state index contributed by atoms with van der Waals surface area (Å²) in [5, 5.41) is 0. The highest BCUT2D eigenvalue weighted by Crippen LogP contribution is 2.30. The van der Waals surface area contributed by atoms with Crippen molar-refractivity contribution in [3.05, 3.63) is 48.4 Å². The number of alkyl halides is 3. The lowest BCUT2D eigenvalue weighted by molar-refractivity contribution is -0.137. The Morgan fingerprint density at radius 2 is 1.73 bits per heavy atom. The molecule has 0 unspecified atom stereocenters. The normalized spacial score (nSPS) is 11.7. The molecule has 0 atom stereocenters. The van der Waals surface area contributed by atoms with E-state index in [1.807, 2.05) is 0 Å². The second-order valence-electron chi connectivity index (χ2n) is 3.00. The van der Waals surface area contributed by atoms with E-state index in [9.17, 15) is 13.2 Å². The van der Waals surface area contributed by atoms with E-state index in [1.54, 1.807) is 0 Å². The molecule has 0 bridgehead atoms. The van der Waals surface area contributed by atoms with E-state index in [2.05, 4.69) is 6.07 Å². The van der Waals surface area contributed by atoms with Gasteiger partial charge in [-0.2, -0.15) is 13.2 Å². The highest BCUT2D eigenvalue weighted by atomic mass is 19.4. The van der Waals surface area contributed by atoms with Crippen LogP contribution in [0.3, 0.4) is 0 Å². The molecule has 1 aromatic carbocycles. The molecule has 1 radical (unpaired) electrons. The second kappa shape index (κ2) is 3.46. The average Bonchev–Trinajstić information content (AvgIpc) is 2.69. The second-order valence-corrected chi connectivity index (χ2v) is 3.00. The van der Waals surface area contributed by atoms with Crippen LogP contribution in [-0.2, 0) is 6.18 Å². The van der Waals surface area contributed by atoms with Crippen molar-refractivity contribution in [1.29, 1.82) is 0 Å². The fraction of sp³-hybridized carbons (Fsp3) is 0.0909. The van der Waals surface area contributed by atoms with E-state index in [1.165, 1.54) is 24.7 Å². The van der Waals surface area contributed by atoms with E-state index < -0.39 is 11.7 Å². The van der Waals surface area contributed by atoms with E-state index in [0.717, 1.165) is 12.1 Å². The molecular formula is C11H6F3O. The maximum atomic E-state index is 12.2. The largest absolute Gasteiger partial charge is 0.471 e. The van der Waals surface area contributed by atoms with Crippen molar-refractivity contribution in [1.82, 2.24) is 0 Å². The number of halogens is 3. The minimum Gasteiger partial charge on any atom is -0.471 e. The van der Waals surface area contributed by atoms with Gasteiger partial charge >= 0.3 is 6.18 Å². The molecule has 0 fully saturated rings. The van der Waals surface area contributed by atoms with Crippen molar-refractivity contribution in [3.63, 3.8) is 0 Å². The monoisotopic (exact) mass is 211 g/mol. The molecular weight excluding hydrogens is 205 g/mol. The van der Waals surface area contributed by atoms with Gasteiger partial charge in [-0.25, -0.2) is 0 Å². The Hall–Kier alpha value is -1.71. The topological polar surface area (TPSA) is 13.1 Å². The van der Waals surface area contributed by atoms with Crippen LogP contribution in [-0.4, -0.2) is 0 Å². The van der Waals surface area contributed by atoms with Gasteiger partial charge in [0.2, 0.25) is 0 Å². The molecule has 0 saturated heterocycles. The highest BCUT2D eigenvalue weighted by Gasteiger charge is 2.29. The predicted molar refractivity (Wildman–Crippen MR) is 48.0 cm³/mol. The van der Waals surface area contributed by atoms with E-state index >= 15 is 0 Å². The molecule has 0 aliphatic heterocycles. The SMILES string of the molecule is FC(F)(F)c1ccc(-c2[c]coc2)cc1. The first-order chi connectivity index (χ1) is 7.07. The number of furan rings is 1. The first-order valence-electron chi connectivity index (χ1n) is 4.19. The van der Waals surface area contributed by atoms with E-state index in [-0.39, 0.29) is 0 Å². The summed E-state index contributed by atoms with van der Waals surface area (Å²) in [6.07, 6.45) is -1.51. The molecule has 4 heteroatoms. The molecule has 0 spiro atoms. The van der Waals surface area contributed by atoms with Crippen LogP contribution in [0.25, 0.3) is 11.1 Å². The van der Waals surface area contributed by atoms with Crippen molar-refractivity contribution in [3.8, 4) is 11.1 Å². The molecule has 0 saturated carbocycles. The smallest absolute Gasteiger partial charge is 0.416 e. The minimum atomic E-state index is -4.29. The van der Waals surface area contributed by atoms with Gasteiger partial charge in [-0.3, -0.25) is 0 Å². The summed E-state index contributed by atoms with van der Waals surface area (Å²) in [5.41, 5.74) is 0.634. The van der Waals surface area contributed by atoms with Crippen LogP contribution in [0, 0.1) is 6.07 Å². The third-order valence-corrected chi connectivity index (χ3v) is 1.99. The first-order valence-corrected chi connectivity index (χ1v) is 4.19. The van der Waals surface area contributed by atoms with E-state index in [4.69, 9.17) is 4.42 Å². The van der Waals surface area contributed by atoms with Gasteiger partial charge in [0.05, 0.1) is 18.1 Å². The molecule has 15 heavy (non-hydrogen) atoms. The Morgan fingerprint density at radius 1 is 1.07 bits per heavy atom. The molecule has 0 amide bonds. The standard InChI is InChI=1S/C11H6F3O/c12-11(13,14)10-3-1-8(2-4-10)9-5-6-15-7-9/h1-4,6-7H. The molecule has 77 valence electrons. The fourth-order valence-corrected chi connectivity index (χ4v) is 1.22. The summed E-state index contributed by atoms with van der Waals surface area (Å²) < 4.78 is 41.5. The highest BCUT2D eigenvalue weighted by molar-refractivity contribution is 5.61. The van der Waals surface area contributed by atoms with Gasteiger partial charge in [0.1, 0.15) is 0 Å². The summed E-state index contributed by atoms with van der Waals surface area (Å²) >= 11 is 0. The summed E-state index contributed by atoms with van der Waals surface area (Å²) in [4.78, 5) is 0. The zero-order valence-corrected chi connectivity index (χ0v) is 7.51. The molecule has 1 aromatic heterocycles. The molecule has 2 aromatic rings. The maximum Gasteiger partial charge on any atom is 0.416 e. The first kappa shape index (κ1) is 9.83. The van der Waals surface area contributed by atoms with Gasteiger partial charge in [0.15, 0.2) is 0 Å². The van der Waals surface area contributed by atoms with Crippen LogP contribution in [0.1, 0.15) is 5.56 Å². The molecule has 1 heterocycles. The molecule has 0 aliphatic carbocycles. The van der Waals surface area contributed by atoms with Gasteiger partial charge in [0.25, 0.3) is 0 Å². The lowest BCUT2D eigenvalue weighted by atomic mass is 10.1. The number of benzene rings is 1. The lowest BCUT2D eigenvalue weighted by Crippen LogP contribution is -2.03. The third-order valence-electron chi connectivity index (χ3n) is 1.99. The summed E-state index contributed by atoms with van der Waals surface area (Å²) in [6, 6.07) is 7.63. The number of hydrogen-bond donors (Lipinski definition) is 0. The van der Waals surface area contributed by atoms with Gasteiger partial charge < -0.3 is 4.42 Å². The molecule has 0 aliphatic rings. The Kier molecular flexibility index (Phi) is 2.26. The van der Waals surface area contributed by atoms with Gasteiger partial charge in [0, 0.05) is 11.6 Å². The Bertz CT molecular complexity index is 426. The van der Waals surface area contributed by atoms with Crippen molar-refractivity contribution < 1.29 is 17.6 Å². The summed E-state index contributed by atoms with van der Waals surface area (Å²) in [7, 11) is 0. The number of hydrogen-bond acceptors (Lipinski definition) is 1. The lowest BCUT2D eigenvalue weighted by Gasteiger charge is -2.06. The molecule has 2 rings (SSSR count). The van der Waals surface area contributed by atoms with Crippen LogP contribution in [0.15, 0.2) is 41.2 Å². The van der Waals surface area contributed by atoms with Crippen molar-refractivity contribution in [2.24, 2.45) is 0 Å². The van der Waals surface area contributed by atoms with Gasteiger partial charge in [-0.05, 0) is 17.7 Å². The van der Waals surface area contributed by atoms with Crippen molar-refractivity contribution in [2.75, 3.05) is 0 Å². The van der Waals surface area contributed by atoms with Gasteiger partial charge in [-0.15, -0.1) is 0 Å².